The van der Waals surface area contributed by atoms with Gasteiger partial charge in [0.1, 0.15) is 5.82 Å². The van der Waals surface area contributed by atoms with E-state index in [1.165, 1.54) is 6.07 Å². The molecule has 0 aromatic carbocycles. The molecule has 0 radical (unpaired) electrons. The van der Waals surface area contributed by atoms with Crippen LogP contribution in [-0.4, -0.2) is 17.2 Å². The smallest absolute Gasteiger partial charge is 0.141 e. The quantitative estimate of drug-likeness (QED) is 0.591. The second kappa shape index (κ2) is 5.34. The van der Waals surface area contributed by atoms with Gasteiger partial charge in [0.15, 0.2) is 0 Å². The zero-order chi connectivity index (χ0) is 12.2. The van der Waals surface area contributed by atoms with E-state index < -0.39 is 5.60 Å². The van der Waals surface area contributed by atoms with Crippen LogP contribution in [-0.2, 0) is 4.74 Å². The SMILES string of the molecule is CCOC(C)(C)C(NN)c1cncc(F)c1. The first-order valence-corrected chi connectivity index (χ1v) is 5.21. The highest BCUT2D eigenvalue weighted by atomic mass is 19.1. The summed E-state index contributed by atoms with van der Waals surface area (Å²) < 4.78 is 18.6. The maximum Gasteiger partial charge on any atom is 0.141 e. The second-order valence-electron chi connectivity index (χ2n) is 4.07. The maximum absolute atomic E-state index is 13.1. The fraction of sp³-hybridized carbons (Fsp3) is 0.545. The molecule has 0 bridgehead atoms. The fourth-order valence-corrected chi connectivity index (χ4v) is 1.74. The molecule has 4 nitrogen and oxygen atoms in total. The van der Waals surface area contributed by atoms with Gasteiger partial charge in [-0.15, -0.1) is 0 Å². The van der Waals surface area contributed by atoms with Gasteiger partial charge in [-0.1, -0.05) is 0 Å². The highest BCUT2D eigenvalue weighted by Crippen LogP contribution is 2.27. The largest absolute Gasteiger partial charge is 0.374 e. The lowest BCUT2D eigenvalue weighted by atomic mass is 9.93. The molecule has 5 heteroatoms. The molecule has 0 aliphatic heterocycles. The van der Waals surface area contributed by atoms with Crippen LogP contribution in [0.3, 0.4) is 0 Å². The molecule has 0 saturated heterocycles. The molecule has 0 spiro atoms. The molecule has 1 aromatic heterocycles. The third kappa shape index (κ3) is 2.98. The van der Waals surface area contributed by atoms with Gasteiger partial charge in [-0.25, -0.2) is 4.39 Å². The summed E-state index contributed by atoms with van der Waals surface area (Å²) in [5.41, 5.74) is 2.78. The molecular formula is C11H18FN3O. The Morgan fingerprint density at radius 3 is 2.75 bits per heavy atom. The van der Waals surface area contributed by atoms with Gasteiger partial charge >= 0.3 is 0 Å². The summed E-state index contributed by atoms with van der Waals surface area (Å²) >= 11 is 0. The molecule has 0 aliphatic carbocycles. The van der Waals surface area contributed by atoms with Gasteiger partial charge in [0.25, 0.3) is 0 Å². The topological polar surface area (TPSA) is 60.2 Å². The van der Waals surface area contributed by atoms with Gasteiger partial charge in [-0.2, -0.15) is 0 Å². The van der Waals surface area contributed by atoms with Crippen LogP contribution in [0.15, 0.2) is 18.5 Å². The number of halogens is 1. The first kappa shape index (κ1) is 13.0. The highest BCUT2D eigenvalue weighted by Gasteiger charge is 2.31. The van der Waals surface area contributed by atoms with E-state index in [9.17, 15) is 4.39 Å². The number of hydrogen-bond donors (Lipinski definition) is 2. The van der Waals surface area contributed by atoms with Crippen LogP contribution in [0.5, 0.6) is 0 Å². The summed E-state index contributed by atoms with van der Waals surface area (Å²) in [5.74, 6) is 5.11. The molecule has 0 amide bonds. The molecule has 16 heavy (non-hydrogen) atoms. The summed E-state index contributed by atoms with van der Waals surface area (Å²) in [6.45, 7) is 6.25. The minimum absolute atomic E-state index is 0.310. The molecule has 1 rings (SSSR count). The number of rotatable bonds is 5. The van der Waals surface area contributed by atoms with Gasteiger partial charge in [0.2, 0.25) is 0 Å². The van der Waals surface area contributed by atoms with Gasteiger partial charge in [0.05, 0.1) is 17.8 Å². The van der Waals surface area contributed by atoms with Crippen LogP contribution < -0.4 is 11.3 Å². The number of nitrogens with zero attached hydrogens (tertiary/aromatic N) is 1. The van der Waals surface area contributed by atoms with Gasteiger partial charge in [-0.05, 0) is 32.4 Å². The highest BCUT2D eigenvalue weighted by molar-refractivity contribution is 5.18. The van der Waals surface area contributed by atoms with Crippen molar-refractivity contribution in [3.05, 3.63) is 29.8 Å². The predicted molar refractivity (Wildman–Crippen MR) is 60.0 cm³/mol. The standard InChI is InChI=1S/C11H18FN3O/c1-4-16-11(2,3)10(15-13)8-5-9(12)7-14-6-8/h5-7,10,15H,4,13H2,1-3H3. The minimum Gasteiger partial charge on any atom is -0.374 e. The van der Waals surface area contributed by atoms with Crippen molar-refractivity contribution in [3.8, 4) is 0 Å². The van der Waals surface area contributed by atoms with Crippen molar-refractivity contribution >= 4 is 0 Å². The molecule has 0 aliphatic rings. The number of ether oxygens (including phenoxy) is 1. The summed E-state index contributed by atoms with van der Waals surface area (Å²) in [6.07, 6.45) is 2.74. The first-order chi connectivity index (χ1) is 7.51. The van der Waals surface area contributed by atoms with Crippen LogP contribution in [0.1, 0.15) is 32.4 Å². The second-order valence-corrected chi connectivity index (χ2v) is 4.07. The third-order valence-electron chi connectivity index (χ3n) is 2.44. The minimum atomic E-state index is -0.529. The molecule has 90 valence electrons. The maximum atomic E-state index is 13.1. The Morgan fingerprint density at radius 1 is 1.56 bits per heavy atom. The van der Waals surface area contributed by atoms with Crippen molar-refractivity contribution in [1.82, 2.24) is 10.4 Å². The molecule has 1 aromatic rings. The van der Waals surface area contributed by atoms with Crippen LogP contribution >= 0.6 is 0 Å². The van der Waals surface area contributed by atoms with Gasteiger partial charge < -0.3 is 4.74 Å². The van der Waals surface area contributed by atoms with E-state index in [-0.39, 0.29) is 11.9 Å². The molecule has 0 saturated carbocycles. The van der Waals surface area contributed by atoms with Crippen LogP contribution in [0.25, 0.3) is 0 Å². The Bertz CT molecular complexity index is 344. The van der Waals surface area contributed by atoms with Crippen LogP contribution in [0, 0.1) is 5.82 Å². The Labute approximate surface area is 95.0 Å². The van der Waals surface area contributed by atoms with Crippen LogP contribution in [0.2, 0.25) is 0 Å². The Balaban J connectivity index is 2.98. The van der Waals surface area contributed by atoms with E-state index in [1.807, 2.05) is 20.8 Å². The zero-order valence-electron chi connectivity index (χ0n) is 9.83. The Morgan fingerprint density at radius 2 is 2.25 bits per heavy atom. The number of nitrogens with two attached hydrogens (primary N) is 1. The first-order valence-electron chi connectivity index (χ1n) is 5.21. The Kier molecular flexibility index (Phi) is 4.35. The van der Waals surface area contributed by atoms with Crippen LogP contribution in [0.4, 0.5) is 4.39 Å². The number of nitrogens with one attached hydrogen (secondary N) is 1. The molecule has 0 fully saturated rings. The number of pyridine rings is 1. The van der Waals surface area contributed by atoms with Crippen molar-refractivity contribution in [1.29, 1.82) is 0 Å². The normalized spacial score (nSPS) is 13.8. The summed E-state index contributed by atoms with van der Waals surface area (Å²) in [6, 6.07) is 1.09. The average Bonchev–Trinajstić information content (AvgIpc) is 2.18. The summed E-state index contributed by atoms with van der Waals surface area (Å²) in [4.78, 5) is 3.80. The summed E-state index contributed by atoms with van der Waals surface area (Å²) in [5, 5.41) is 0. The predicted octanol–water partition coefficient (Wildman–Crippen LogP) is 1.54. The van der Waals surface area contributed by atoms with Crippen molar-refractivity contribution in [2.45, 2.75) is 32.4 Å². The molecule has 1 unspecified atom stereocenters. The van der Waals surface area contributed by atoms with E-state index in [0.29, 0.717) is 12.2 Å². The van der Waals surface area contributed by atoms with Crippen molar-refractivity contribution in [3.63, 3.8) is 0 Å². The molecule has 1 heterocycles. The monoisotopic (exact) mass is 227 g/mol. The molecular weight excluding hydrogens is 209 g/mol. The molecule has 3 N–H and O–H groups in total. The van der Waals surface area contributed by atoms with E-state index in [1.54, 1.807) is 6.20 Å². The van der Waals surface area contributed by atoms with Gasteiger partial charge in [-0.3, -0.25) is 16.3 Å². The average molecular weight is 227 g/mol. The van der Waals surface area contributed by atoms with Crippen molar-refractivity contribution < 1.29 is 9.13 Å². The van der Waals surface area contributed by atoms with E-state index in [2.05, 4.69) is 10.4 Å². The van der Waals surface area contributed by atoms with E-state index in [4.69, 9.17) is 10.6 Å². The lowest BCUT2D eigenvalue weighted by molar-refractivity contribution is -0.0394. The van der Waals surface area contributed by atoms with E-state index in [0.717, 1.165) is 6.20 Å². The third-order valence-corrected chi connectivity index (χ3v) is 2.44. The van der Waals surface area contributed by atoms with Gasteiger partial charge in [0, 0.05) is 12.8 Å². The van der Waals surface area contributed by atoms with Crippen molar-refractivity contribution in [2.24, 2.45) is 5.84 Å². The Hall–Kier alpha value is -1.04. The number of hydrazine groups is 1. The zero-order valence-corrected chi connectivity index (χ0v) is 9.83. The number of hydrogen-bond acceptors (Lipinski definition) is 4. The lowest BCUT2D eigenvalue weighted by Crippen LogP contribution is -2.44. The summed E-state index contributed by atoms with van der Waals surface area (Å²) in [7, 11) is 0. The lowest BCUT2D eigenvalue weighted by Gasteiger charge is -2.33. The molecule has 1 atom stereocenters. The van der Waals surface area contributed by atoms with Crippen molar-refractivity contribution in [2.75, 3.05) is 6.61 Å². The number of aromatic nitrogens is 1. The van der Waals surface area contributed by atoms with E-state index >= 15 is 0 Å². The fourth-order valence-electron chi connectivity index (χ4n) is 1.74.